The molecule has 0 aromatic heterocycles. The molecule has 0 saturated heterocycles. The van der Waals surface area contributed by atoms with Gasteiger partial charge in [-0.3, -0.25) is 9.59 Å². The van der Waals surface area contributed by atoms with Gasteiger partial charge >= 0.3 is 5.97 Å². The minimum absolute atomic E-state index is 0.0520. The van der Waals surface area contributed by atoms with E-state index >= 15 is 0 Å². The minimum Gasteiger partial charge on any atom is -0.468 e. The molecule has 3 nitrogen and oxygen atoms in total. The average molecular weight is 212 g/mol. The molecule has 0 aromatic carbocycles. The molecule has 1 saturated carbocycles. The second-order valence-electron chi connectivity index (χ2n) is 5.26. The summed E-state index contributed by atoms with van der Waals surface area (Å²) in [5, 5.41) is 0. The molecular formula is C12H20O3. The third-order valence-electron chi connectivity index (χ3n) is 3.15. The molecule has 1 fully saturated rings. The highest BCUT2D eigenvalue weighted by Crippen LogP contribution is 2.55. The van der Waals surface area contributed by atoms with Gasteiger partial charge in [0.05, 0.1) is 7.11 Å². The third-order valence-corrected chi connectivity index (χ3v) is 3.15. The Kier molecular flexibility index (Phi) is 3.22. The topological polar surface area (TPSA) is 43.4 Å². The summed E-state index contributed by atoms with van der Waals surface area (Å²) in [7, 11) is 1.36. The maximum atomic E-state index is 11.9. The van der Waals surface area contributed by atoms with Crippen LogP contribution in [-0.2, 0) is 14.3 Å². The van der Waals surface area contributed by atoms with Crippen LogP contribution in [0, 0.1) is 10.8 Å². The van der Waals surface area contributed by atoms with Crippen molar-refractivity contribution >= 4 is 11.8 Å². The van der Waals surface area contributed by atoms with Crippen molar-refractivity contribution in [2.45, 2.75) is 46.5 Å². The normalized spacial score (nSPS) is 21.6. The van der Waals surface area contributed by atoms with Gasteiger partial charge in [-0.25, -0.2) is 0 Å². The Morgan fingerprint density at radius 3 is 2.13 bits per heavy atom. The van der Waals surface area contributed by atoms with Gasteiger partial charge in [0, 0.05) is 6.42 Å². The molecule has 1 aliphatic carbocycles. The molecular weight excluding hydrogens is 192 g/mol. The van der Waals surface area contributed by atoms with Gasteiger partial charge in [0.1, 0.15) is 11.2 Å². The van der Waals surface area contributed by atoms with Gasteiger partial charge in [-0.15, -0.1) is 0 Å². The van der Waals surface area contributed by atoms with E-state index in [-0.39, 0.29) is 17.2 Å². The minimum atomic E-state index is -0.825. The standard InChI is InChI=1S/C12H20O3/c1-5-6-9(13)12(10(14)15-4)7-11(2,3)8-12/h5-8H2,1-4H3. The molecule has 0 aromatic rings. The summed E-state index contributed by atoms with van der Waals surface area (Å²) in [6, 6.07) is 0. The molecule has 3 heteroatoms. The van der Waals surface area contributed by atoms with E-state index in [0.29, 0.717) is 19.3 Å². The molecule has 0 spiro atoms. The molecule has 0 heterocycles. The van der Waals surface area contributed by atoms with Gasteiger partial charge < -0.3 is 4.74 Å². The maximum absolute atomic E-state index is 11.9. The second kappa shape index (κ2) is 3.95. The summed E-state index contributed by atoms with van der Waals surface area (Å²) < 4.78 is 4.76. The third kappa shape index (κ3) is 2.06. The predicted octanol–water partition coefficient (Wildman–Crippen LogP) is 2.33. The molecule has 0 atom stereocenters. The number of ether oxygens (including phenoxy) is 1. The van der Waals surface area contributed by atoms with Crippen LogP contribution >= 0.6 is 0 Å². The van der Waals surface area contributed by atoms with Crippen molar-refractivity contribution in [1.82, 2.24) is 0 Å². The lowest BCUT2D eigenvalue weighted by atomic mass is 9.52. The van der Waals surface area contributed by atoms with Crippen molar-refractivity contribution in [1.29, 1.82) is 0 Å². The molecule has 0 aliphatic heterocycles. The summed E-state index contributed by atoms with van der Waals surface area (Å²) in [5.41, 5.74) is -0.730. The summed E-state index contributed by atoms with van der Waals surface area (Å²) in [6.07, 6.45) is 2.53. The van der Waals surface area contributed by atoms with E-state index in [4.69, 9.17) is 4.74 Å². The number of esters is 1. The van der Waals surface area contributed by atoms with Crippen molar-refractivity contribution in [3.8, 4) is 0 Å². The first-order chi connectivity index (χ1) is 6.88. The quantitative estimate of drug-likeness (QED) is 0.530. The number of carbonyl (C=O) groups is 2. The molecule has 0 radical (unpaired) electrons. The molecule has 0 bridgehead atoms. The maximum Gasteiger partial charge on any atom is 0.319 e. The van der Waals surface area contributed by atoms with E-state index in [1.165, 1.54) is 7.11 Å². The van der Waals surface area contributed by atoms with E-state index in [1.54, 1.807) is 0 Å². The molecule has 0 unspecified atom stereocenters. The van der Waals surface area contributed by atoms with Crippen LogP contribution in [0.3, 0.4) is 0 Å². The van der Waals surface area contributed by atoms with Crippen LogP contribution in [0.1, 0.15) is 46.5 Å². The van der Waals surface area contributed by atoms with Crippen molar-refractivity contribution in [2.24, 2.45) is 10.8 Å². The van der Waals surface area contributed by atoms with Crippen LogP contribution in [0.25, 0.3) is 0 Å². The first-order valence-corrected chi connectivity index (χ1v) is 5.50. The summed E-state index contributed by atoms with van der Waals surface area (Å²) in [6.45, 7) is 6.10. The first kappa shape index (κ1) is 12.2. The van der Waals surface area contributed by atoms with E-state index in [0.717, 1.165) is 6.42 Å². The van der Waals surface area contributed by atoms with Crippen molar-refractivity contribution in [2.75, 3.05) is 7.11 Å². The number of hydrogen-bond acceptors (Lipinski definition) is 3. The zero-order chi connectivity index (χ0) is 11.7. The lowest BCUT2D eigenvalue weighted by molar-refractivity contribution is -0.173. The van der Waals surface area contributed by atoms with Crippen LogP contribution in [0.15, 0.2) is 0 Å². The Morgan fingerprint density at radius 1 is 1.27 bits per heavy atom. The lowest BCUT2D eigenvalue weighted by Gasteiger charge is -2.49. The van der Waals surface area contributed by atoms with Gasteiger partial charge in [-0.2, -0.15) is 0 Å². The summed E-state index contributed by atoms with van der Waals surface area (Å²) >= 11 is 0. The van der Waals surface area contributed by atoms with E-state index in [2.05, 4.69) is 13.8 Å². The fourth-order valence-corrected chi connectivity index (χ4v) is 2.70. The number of rotatable bonds is 4. The molecule has 1 aliphatic rings. The highest BCUT2D eigenvalue weighted by Gasteiger charge is 2.59. The van der Waals surface area contributed by atoms with Gasteiger partial charge in [0.2, 0.25) is 0 Å². The van der Waals surface area contributed by atoms with E-state index in [9.17, 15) is 9.59 Å². The Hall–Kier alpha value is -0.860. The molecule has 15 heavy (non-hydrogen) atoms. The number of ketones is 1. The summed E-state index contributed by atoms with van der Waals surface area (Å²) in [4.78, 5) is 23.6. The number of carbonyl (C=O) groups excluding carboxylic acids is 2. The van der Waals surface area contributed by atoms with Crippen LogP contribution in [-0.4, -0.2) is 18.9 Å². The molecule has 86 valence electrons. The Balaban J connectivity index is 2.82. The zero-order valence-electron chi connectivity index (χ0n) is 10.1. The van der Waals surface area contributed by atoms with Gasteiger partial charge in [-0.1, -0.05) is 20.8 Å². The number of methoxy groups -OCH3 is 1. The SMILES string of the molecule is CCCC(=O)C1(C(=O)OC)CC(C)(C)C1. The Labute approximate surface area is 91.2 Å². The fraction of sp³-hybridized carbons (Fsp3) is 0.833. The summed E-state index contributed by atoms with van der Waals surface area (Å²) in [5.74, 6) is -0.295. The van der Waals surface area contributed by atoms with Crippen LogP contribution in [0.2, 0.25) is 0 Å². The van der Waals surface area contributed by atoms with E-state index in [1.807, 2.05) is 6.92 Å². The smallest absolute Gasteiger partial charge is 0.319 e. The number of Topliss-reactive ketones (excluding diaryl/α,β-unsaturated/α-hetero) is 1. The molecule has 0 N–H and O–H groups in total. The fourth-order valence-electron chi connectivity index (χ4n) is 2.70. The predicted molar refractivity (Wildman–Crippen MR) is 57.4 cm³/mol. The van der Waals surface area contributed by atoms with Crippen molar-refractivity contribution in [3.05, 3.63) is 0 Å². The van der Waals surface area contributed by atoms with Gasteiger partial charge in [-0.05, 0) is 24.7 Å². The van der Waals surface area contributed by atoms with Crippen molar-refractivity contribution in [3.63, 3.8) is 0 Å². The van der Waals surface area contributed by atoms with Crippen molar-refractivity contribution < 1.29 is 14.3 Å². The van der Waals surface area contributed by atoms with E-state index < -0.39 is 5.41 Å². The van der Waals surface area contributed by atoms with Crippen LogP contribution in [0.5, 0.6) is 0 Å². The van der Waals surface area contributed by atoms with Crippen LogP contribution in [0.4, 0.5) is 0 Å². The second-order valence-corrected chi connectivity index (χ2v) is 5.26. The zero-order valence-corrected chi connectivity index (χ0v) is 10.1. The average Bonchev–Trinajstić information content (AvgIpc) is 2.12. The molecule has 1 rings (SSSR count). The lowest BCUT2D eigenvalue weighted by Crippen LogP contribution is -2.54. The Bertz CT molecular complexity index is 271. The highest BCUT2D eigenvalue weighted by molar-refractivity contribution is 6.05. The number of hydrogen-bond donors (Lipinski definition) is 0. The molecule has 0 amide bonds. The van der Waals surface area contributed by atoms with Crippen LogP contribution < -0.4 is 0 Å². The van der Waals surface area contributed by atoms with Gasteiger partial charge in [0.15, 0.2) is 0 Å². The first-order valence-electron chi connectivity index (χ1n) is 5.50. The largest absolute Gasteiger partial charge is 0.468 e. The van der Waals surface area contributed by atoms with Gasteiger partial charge in [0.25, 0.3) is 0 Å². The highest BCUT2D eigenvalue weighted by atomic mass is 16.5. The Morgan fingerprint density at radius 2 is 1.80 bits per heavy atom. The monoisotopic (exact) mass is 212 g/mol.